The van der Waals surface area contributed by atoms with Gasteiger partial charge in [-0.15, -0.1) is 0 Å². The van der Waals surface area contributed by atoms with Crippen molar-refractivity contribution in [3.05, 3.63) is 48.5 Å². The van der Waals surface area contributed by atoms with E-state index in [2.05, 4.69) is 5.32 Å². The van der Waals surface area contributed by atoms with E-state index in [0.717, 1.165) is 0 Å². The highest BCUT2D eigenvalue weighted by Gasteiger charge is 2.27. The van der Waals surface area contributed by atoms with E-state index in [1.807, 2.05) is 0 Å². The molecule has 0 aromatic heterocycles. The van der Waals surface area contributed by atoms with Gasteiger partial charge in [0.2, 0.25) is 16.1 Å². The van der Waals surface area contributed by atoms with Crippen LogP contribution in [0, 0.1) is 0 Å². The molecule has 7 nitrogen and oxygen atoms in total. The Bertz CT molecular complexity index is 850. The number of carbonyl (C=O) groups is 1. The van der Waals surface area contributed by atoms with Gasteiger partial charge in [0.1, 0.15) is 6.61 Å². The smallest absolute Gasteiger partial charge is 0.269 e. The Balaban J connectivity index is 1.73. The molecule has 1 atom stereocenters. The number of benzene rings is 2. The first-order valence-electron chi connectivity index (χ1n) is 6.76. The van der Waals surface area contributed by atoms with Gasteiger partial charge in [-0.05, 0) is 30.3 Å². The van der Waals surface area contributed by atoms with E-state index in [-0.39, 0.29) is 11.5 Å². The van der Waals surface area contributed by atoms with Crippen LogP contribution < -0.4 is 19.9 Å². The maximum Gasteiger partial charge on any atom is 0.269 e. The Morgan fingerprint density at radius 2 is 1.87 bits per heavy atom. The Labute approximate surface area is 133 Å². The average molecular weight is 334 g/mol. The van der Waals surface area contributed by atoms with Gasteiger partial charge in [-0.3, -0.25) is 4.79 Å². The number of sulfonamides is 1. The zero-order valence-corrected chi connectivity index (χ0v) is 12.7. The molecule has 0 unspecified atom stereocenters. The lowest BCUT2D eigenvalue weighted by Crippen LogP contribution is -2.40. The standard InChI is InChI=1S/C15H14N2O5S/c16-23(19,20)11-5-3-4-10(8-11)17-15(18)14-9-21-12-6-1-2-7-13(12)22-14/h1-8,14H,9H2,(H,17,18)(H2,16,19,20)/t14-/m0/s1. The lowest BCUT2D eigenvalue weighted by molar-refractivity contribution is -0.125. The van der Waals surface area contributed by atoms with Gasteiger partial charge >= 0.3 is 0 Å². The highest BCUT2D eigenvalue weighted by atomic mass is 32.2. The van der Waals surface area contributed by atoms with Crippen molar-refractivity contribution in [3.8, 4) is 11.5 Å². The number of para-hydroxylation sites is 2. The number of hydrogen-bond donors (Lipinski definition) is 2. The summed E-state index contributed by atoms with van der Waals surface area (Å²) < 4.78 is 33.7. The zero-order chi connectivity index (χ0) is 16.4. The summed E-state index contributed by atoms with van der Waals surface area (Å²) in [5.74, 6) is 0.621. The van der Waals surface area contributed by atoms with Crippen LogP contribution in [-0.2, 0) is 14.8 Å². The number of nitrogens with two attached hydrogens (primary N) is 1. The molecule has 0 saturated heterocycles. The SMILES string of the molecule is NS(=O)(=O)c1cccc(NC(=O)[C@@H]2COc3ccccc3O2)c1. The lowest BCUT2D eigenvalue weighted by atomic mass is 10.2. The normalized spacial score (nSPS) is 16.7. The van der Waals surface area contributed by atoms with E-state index >= 15 is 0 Å². The Morgan fingerprint density at radius 1 is 1.13 bits per heavy atom. The van der Waals surface area contributed by atoms with Crippen LogP contribution in [0.4, 0.5) is 5.69 Å². The van der Waals surface area contributed by atoms with Crippen molar-refractivity contribution < 1.29 is 22.7 Å². The van der Waals surface area contributed by atoms with Crippen molar-refractivity contribution in [1.29, 1.82) is 0 Å². The number of primary sulfonamides is 1. The van der Waals surface area contributed by atoms with Gasteiger partial charge in [-0.25, -0.2) is 13.6 Å². The highest BCUT2D eigenvalue weighted by molar-refractivity contribution is 7.89. The van der Waals surface area contributed by atoms with Crippen molar-refractivity contribution >= 4 is 21.6 Å². The second-order valence-corrected chi connectivity index (χ2v) is 6.49. The largest absolute Gasteiger partial charge is 0.485 e. The van der Waals surface area contributed by atoms with Gasteiger partial charge in [-0.2, -0.15) is 0 Å². The molecule has 1 heterocycles. The van der Waals surface area contributed by atoms with Crippen LogP contribution in [-0.4, -0.2) is 27.0 Å². The molecule has 3 N–H and O–H groups in total. The number of carbonyl (C=O) groups excluding carboxylic acids is 1. The second kappa shape index (κ2) is 5.90. The maximum absolute atomic E-state index is 12.2. The average Bonchev–Trinajstić information content (AvgIpc) is 2.54. The van der Waals surface area contributed by atoms with E-state index in [9.17, 15) is 13.2 Å². The fourth-order valence-corrected chi connectivity index (χ4v) is 2.68. The summed E-state index contributed by atoms with van der Waals surface area (Å²) in [5.41, 5.74) is 0.309. The molecule has 2 aromatic carbocycles. The summed E-state index contributed by atoms with van der Waals surface area (Å²) in [6.07, 6.45) is -0.831. The monoisotopic (exact) mass is 334 g/mol. The summed E-state index contributed by atoms with van der Waals surface area (Å²) in [7, 11) is -3.83. The Hall–Kier alpha value is -2.58. The molecule has 120 valence electrons. The predicted molar refractivity (Wildman–Crippen MR) is 82.8 cm³/mol. The number of hydrogen-bond acceptors (Lipinski definition) is 5. The topological polar surface area (TPSA) is 108 Å². The number of amides is 1. The van der Waals surface area contributed by atoms with Gasteiger partial charge < -0.3 is 14.8 Å². The first kappa shape index (κ1) is 15.3. The summed E-state index contributed by atoms with van der Waals surface area (Å²) >= 11 is 0. The molecule has 0 aliphatic carbocycles. The fraction of sp³-hybridized carbons (Fsp3) is 0.133. The summed E-state index contributed by atoms with van der Waals surface area (Å²) in [6, 6.07) is 12.7. The van der Waals surface area contributed by atoms with Gasteiger partial charge in [-0.1, -0.05) is 18.2 Å². The lowest BCUT2D eigenvalue weighted by Gasteiger charge is -2.25. The van der Waals surface area contributed by atoms with Crippen LogP contribution in [0.1, 0.15) is 0 Å². The molecule has 0 bridgehead atoms. The van der Waals surface area contributed by atoms with Crippen LogP contribution in [0.2, 0.25) is 0 Å². The third-order valence-corrected chi connectivity index (χ3v) is 4.14. The van der Waals surface area contributed by atoms with Crippen molar-refractivity contribution in [1.82, 2.24) is 0 Å². The Morgan fingerprint density at radius 3 is 2.61 bits per heavy atom. The number of rotatable bonds is 3. The van der Waals surface area contributed by atoms with Crippen LogP contribution >= 0.6 is 0 Å². The Kier molecular flexibility index (Phi) is 3.93. The minimum Gasteiger partial charge on any atom is -0.485 e. The molecule has 0 saturated carbocycles. The third-order valence-electron chi connectivity index (χ3n) is 3.23. The van der Waals surface area contributed by atoms with E-state index in [0.29, 0.717) is 17.2 Å². The van der Waals surface area contributed by atoms with Crippen molar-refractivity contribution in [2.45, 2.75) is 11.0 Å². The second-order valence-electron chi connectivity index (χ2n) is 4.93. The van der Waals surface area contributed by atoms with Crippen LogP contribution in [0.3, 0.4) is 0 Å². The fourth-order valence-electron chi connectivity index (χ4n) is 2.12. The molecule has 1 amide bonds. The summed E-state index contributed by atoms with van der Waals surface area (Å²) in [4.78, 5) is 12.2. The molecule has 0 radical (unpaired) electrons. The van der Waals surface area contributed by atoms with E-state index in [4.69, 9.17) is 14.6 Å². The van der Waals surface area contributed by atoms with Crippen molar-refractivity contribution in [2.24, 2.45) is 5.14 Å². The van der Waals surface area contributed by atoms with Crippen molar-refractivity contribution in [3.63, 3.8) is 0 Å². The van der Waals surface area contributed by atoms with Gasteiger partial charge in [0.15, 0.2) is 11.5 Å². The van der Waals surface area contributed by atoms with Crippen LogP contribution in [0.25, 0.3) is 0 Å². The van der Waals surface area contributed by atoms with E-state index in [1.165, 1.54) is 18.2 Å². The summed E-state index contributed by atoms with van der Waals surface area (Å²) in [5, 5.41) is 7.66. The molecular formula is C15H14N2O5S. The molecule has 0 spiro atoms. The molecule has 2 aromatic rings. The molecule has 3 rings (SSSR count). The molecule has 1 aliphatic heterocycles. The minimum atomic E-state index is -3.83. The first-order chi connectivity index (χ1) is 10.9. The summed E-state index contributed by atoms with van der Waals surface area (Å²) in [6.45, 7) is 0.0672. The molecule has 0 fully saturated rings. The number of fused-ring (bicyclic) bond motifs is 1. The molecule has 1 aliphatic rings. The van der Waals surface area contributed by atoms with Gasteiger partial charge in [0, 0.05) is 5.69 Å². The maximum atomic E-state index is 12.2. The van der Waals surface area contributed by atoms with Crippen LogP contribution in [0.15, 0.2) is 53.4 Å². The zero-order valence-electron chi connectivity index (χ0n) is 11.9. The quantitative estimate of drug-likeness (QED) is 0.874. The first-order valence-corrected chi connectivity index (χ1v) is 8.30. The minimum absolute atomic E-state index is 0.0672. The van der Waals surface area contributed by atoms with E-state index in [1.54, 1.807) is 30.3 Å². The number of anilines is 1. The molecule has 8 heteroatoms. The van der Waals surface area contributed by atoms with Crippen LogP contribution in [0.5, 0.6) is 11.5 Å². The van der Waals surface area contributed by atoms with Crippen molar-refractivity contribution in [2.75, 3.05) is 11.9 Å². The highest BCUT2D eigenvalue weighted by Crippen LogP contribution is 2.31. The molecular weight excluding hydrogens is 320 g/mol. The predicted octanol–water partition coefficient (Wildman–Crippen LogP) is 1.11. The molecule has 23 heavy (non-hydrogen) atoms. The number of nitrogens with one attached hydrogen (secondary N) is 1. The third kappa shape index (κ3) is 3.43. The number of ether oxygens (including phenoxy) is 2. The van der Waals surface area contributed by atoms with Gasteiger partial charge in [0.25, 0.3) is 5.91 Å². The van der Waals surface area contributed by atoms with Gasteiger partial charge in [0.05, 0.1) is 4.90 Å². The van der Waals surface area contributed by atoms with E-state index < -0.39 is 22.0 Å².